The highest BCUT2D eigenvalue weighted by Gasteiger charge is 2.77. The molecule has 1 aromatic rings. The Hall–Kier alpha value is -2.70. The first-order valence-electron chi connectivity index (χ1n) is 6.71. The lowest BCUT2D eigenvalue weighted by Crippen LogP contribution is -2.64. The zero-order valence-corrected chi connectivity index (χ0v) is 12.7. The first-order chi connectivity index (χ1) is 11.5. The molecular formula is C15H11F6N3O. The molecule has 4 nitrogen and oxygen atoms in total. The molecule has 0 aliphatic carbocycles. The van der Waals surface area contributed by atoms with Crippen molar-refractivity contribution in [1.29, 1.82) is 5.26 Å². The standard InChI is InChI=1S/C15H11F6N3O/c1-8-11(7-22)13(14(16,17)18,15(19,20)21)24-12(23-8)9-4-3-5-10(6-9)25-2/h3-6,11H,1H2,2H3,(H,23,24)/t11-/m0/s1. The maximum absolute atomic E-state index is 13.5. The third-order valence-electron chi connectivity index (χ3n) is 3.67. The summed E-state index contributed by atoms with van der Waals surface area (Å²) in [4.78, 5) is 2.92. The third kappa shape index (κ3) is 2.90. The Morgan fingerprint density at radius 2 is 1.84 bits per heavy atom. The van der Waals surface area contributed by atoms with E-state index < -0.39 is 35.3 Å². The maximum Gasteiger partial charge on any atom is 0.424 e. The van der Waals surface area contributed by atoms with E-state index in [9.17, 15) is 26.3 Å². The van der Waals surface area contributed by atoms with Crippen LogP contribution in [0.5, 0.6) is 5.75 Å². The molecule has 0 spiro atoms. The summed E-state index contributed by atoms with van der Waals surface area (Å²) in [5, 5.41) is 11.2. The molecule has 1 aliphatic heterocycles. The van der Waals surface area contributed by atoms with Gasteiger partial charge in [0, 0.05) is 11.3 Å². The van der Waals surface area contributed by atoms with Crippen molar-refractivity contribution in [1.82, 2.24) is 5.32 Å². The number of nitriles is 1. The molecule has 134 valence electrons. The number of methoxy groups -OCH3 is 1. The molecule has 0 amide bonds. The van der Waals surface area contributed by atoms with Crippen molar-refractivity contribution in [3.8, 4) is 11.8 Å². The molecule has 1 aromatic carbocycles. The van der Waals surface area contributed by atoms with E-state index in [1.54, 1.807) is 0 Å². The number of nitrogens with zero attached hydrogens (tertiary/aromatic N) is 2. The Bertz CT molecular complexity index is 746. The zero-order valence-electron chi connectivity index (χ0n) is 12.7. The van der Waals surface area contributed by atoms with Crippen molar-refractivity contribution in [2.75, 3.05) is 7.11 Å². The average Bonchev–Trinajstić information content (AvgIpc) is 2.51. The molecule has 0 aromatic heterocycles. The van der Waals surface area contributed by atoms with Gasteiger partial charge in [0.2, 0.25) is 0 Å². The number of alkyl halides is 6. The molecule has 1 aliphatic rings. The Balaban J connectivity index is 2.77. The molecule has 1 atom stereocenters. The second kappa shape index (κ2) is 5.98. The van der Waals surface area contributed by atoms with Crippen LogP contribution in [-0.2, 0) is 0 Å². The quantitative estimate of drug-likeness (QED) is 0.818. The number of hydrogen-bond donors (Lipinski definition) is 1. The minimum atomic E-state index is -5.86. The summed E-state index contributed by atoms with van der Waals surface area (Å²) in [7, 11) is 1.29. The first kappa shape index (κ1) is 18.6. The lowest BCUT2D eigenvalue weighted by Gasteiger charge is -2.41. The van der Waals surface area contributed by atoms with Crippen molar-refractivity contribution >= 4 is 5.84 Å². The molecule has 0 saturated carbocycles. The van der Waals surface area contributed by atoms with Gasteiger partial charge in [-0.15, -0.1) is 0 Å². The minimum absolute atomic E-state index is 0.0743. The van der Waals surface area contributed by atoms with E-state index in [1.165, 1.54) is 31.4 Å². The predicted molar refractivity (Wildman–Crippen MR) is 75.8 cm³/mol. The number of hydrogen-bond acceptors (Lipinski definition) is 4. The fourth-order valence-electron chi connectivity index (χ4n) is 2.44. The van der Waals surface area contributed by atoms with Crippen LogP contribution in [0.2, 0.25) is 0 Å². The SMILES string of the molecule is C=C1NC(c2cccc(OC)c2)=NC(C(F)(F)F)(C(F)(F)F)[C@H]1C#N. The summed E-state index contributed by atoms with van der Waals surface area (Å²) in [6.45, 7) is 3.16. The Kier molecular flexibility index (Phi) is 4.46. The summed E-state index contributed by atoms with van der Waals surface area (Å²) in [5.74, 6) is -3.16. The largest absolute Gasteiger partial charge is 0.497 e. The average molecular weight is 363 g/mol. The van der Waals surface area contributed by atoms with Crippen LogP contribution < -0.4 is 10.1 Å². The molecule has 0 saturated heterocycles. The zero-order chi connectivity index (χ0) is 19.0. The normalized spacial score (nSPS) is 20.3. The molecule has 25 heavy (non-hydrogen) atoms. The van der Waals surface area contributed by atoms with Crippen LogP contribution in [0, 0.1) is 17.2 Å². The molecule has 2 rings (SSSR count). The lowest BCUT2D eigenvalue weighted by atomic mass is 9.80. The van der Waals surface area contributed by atoms with E-state index in [4.69, 9.17) is 10.00 Å². The number of nitrogens with one attached hydrogen (secondary N) is 1. The van der Waals surface area contributed by atoms with Crippen LogP contribution >= 0.6 is 0 Å². The van der Waals surface area contributed by atoms with Crippen molar-refractivity contribution in [2.45, 2.75) is 17.9 Å². The van der Waals surface area contributed by atoms with Crippen LogP contribution in [0.3, 0.4) is 0 Å². The van der Waals surface area contributed by atoms with Gasteiger partial charge in [-0.25, -0.2) is 4.99 Å². The minimum Gasteiger partial charge on any atom is -0.497 e. The highest BCUT2D eigenvalue weighted by molar-refractivity contribution is 6.01. The van der Waals surface area contributed by atoms with Gasteiger partial charge in [-0.1, -0.05) is 18.7 Å². The second-order valence-corrected chi connectivity index (χ2v) is 5.17. The summed E-state index contributed by atoms with van der Waals surface area (Å²) >= 11 is 0. The van der Waals surface area contributed by atoms with E-state index >= 15 is 0 Å². The third-order valence-corrected chi connectivity index (χ3v) is 3.67. The topological polar surface area (TPSA) is 57.4 Å². The molecule has 0 fully saturated rings. The van der Waals surface area contributed by atoms with Gasteiger partial charge in [-0.2, -0.15) is 31.6 Å². The number of benzene rings is 1. The number of rotatable bonds is 2. The molecule has 1 N–H and O–H groups in total. The van der Waals surface area contributed by atoms with Crippen LogP contribution in [-0.4, -0.2) is 30.8 Å². The summed E-state index contributed by atoms with van der Waals surface area (Å²) in [6, 6.07) is 6.32. The van der Waals surface area contributed by atoms with Crippen LogP contribution in [0.15, 0.2) is 41.5 Å². The maximum atomic E-state index is 13.5. The highest BCUT2D eigenvalue weighted by Crippen LogP contribution is 2.53. The van der Waals surface area contributed by atoms with Gasteiger partial charge in [0.25, 0.3) is 5.54 Å². The van der Waals surface area contributed by atoms with Crippen LogP contribution in [0.4, 0.5) is 26.3 Å². The molecule has 0 unspecified atom stereocenters. The van der Waals surface area contributed by atoms with Gasteiger partial charge in [-0.3, -0.25) is 0 Å². The number of amidine groups is 1. The molecule has 0 radical (unpaired) electrons. The van der Waals surface area contributed by atoms with Gasteiger partial charge in [-0.05, 0) is 12.1 Å². The van der Waals surface area contributed by atoms with E-state index in [2.05, 4.69) is 16.9 Å². The van der Waals surface area contributed by atoms with E-state index in [0.717, 1.165) is 6.07 Å². The van der Waals surface area contributed by atoms with Crippen molar-refractivity contribution in [2.24, 2.45) is 10.9 Å². The summed E-state index contributed by atoms with van der Waals surface area (Å²) in [5.41, 5.74) is -5.44. The van der Waals surface area contributed by atoms with Crippen LogP contribution in [0.25, 0.3) is 0 Å². The molecule has 10 heteroatoms. The summed E-state index contributed by atoms with van der Waals surface area (Å²) in [6.07, 6.45) is -11.7. The van der Waals surface area contributed by atoms with E-state index in [1.807, 2.05) is 0 Å². The van der Waals surface area contributed by atoms with Gasteiger partial charge < -0.3 is 10.1 Å². The van der Waals surface area contributed by atoms with E-state index in [-0.39, 0.29) is 11.3 Å². The Morgan fingerprint density at radius 3 is 2.32 bits per heavy atom. The Labute approximate surface area is 138 Å². The van der Waals surface area contributed by atoms with Crippen molar-refractivity contribution in [3.05, 3.63) is 42.1 Å². The van der Waals surface area contributed by atoms with Crippen molar-refractivity contribution < 1.29 is 31.1 Å². The van der Waals surface area contributed by atoms with Crippen molar-refractivity contribution in [3.63, 3.8) is 0 Å². The van der Waals surface area contributed by atoms with Gasteiger partial charge in [0.1, 0.15) is 17.5 Å². The highest BCUT2D eigenvalue weighted by atomic mass is 19.4. The number of aliphatic imine (C=N–C) groups is 1. The number of ether oxygens (including phenoxy) is 1. The molecule has 1 heterocycles. The monoisotopic (exact) mass is 363 g/mol. The first-order valence-corrected chi connectivity index (χ1v) is 6.71. The fourth-order valence-corrected chi connectivity index (χ4v) is 2.44. The van der Waals surface area contributed by atoms with Gasteiger partial charge in [0.15, 0.2) is 0 Å². The molecule has 0 bridgehead atoms. The van der Waals surface area contributed by atoms with Gasteiger partial charge >= 0.3 is 12.4 Å². The Morgan fingerprint density at radius 1 is 1.24 bits per heavy atom. The van der Waals surface area contributed by atoms with Gasteiger partial charge in [0.05, 0.1) is 13.2 Å². The van der Waals surface area contributed by atoms with Crippen LogP contribution in [0.1, 0.15) is 5.56 Å². The fraction of sp³-hybridized carbons (Fsp3) is 0.333. The summed E-state index contributed by atoms with van der Waals surface area (Å²) < 4.78 is 85.7. The van der Waals surface area contributed by atoms with E-state index in [0.29, 0.717) is 0 Å². The predicted octanol–water partition coefficient (Wildman–Crippen LogP) is 3.56. The number of halogens is 6. The lowest BCUT2D eigenvalue weighted by molar-refractivity contribution is -0.303. The smallest absolute Gasteiger partial charge is 0.424 e. The molecular weight excluding hydrogens is 352 g/mol. The second-order valence-electron chi connectivity index (χ2n) is 5.17.